The molecule has 0 aromatic heterocycles. The largest absolute Gasteiger partial charge is 0.452 e. The molecule has 1 N–H and O–H groups in total. The maximum Gasteiger partial charge on any atom is 0.418 e. The van der Waals surface area contributed by atoms with Gasteiger partial charge in [0.2, 0.25) is 11.8 Å². The van der Waals surface area contributed by atoms with Crippen LogP contribution in [0.15, 0.2) is 97.1 Å². The van der Waals surface area contributed by atoms with Crippen molar-refractivity contribution in [1.29, 1.82) is 0 Å². The number of nitrogens with zero attached hydrogens (tertiary/aromatic N) is 1. The summed E-state index contributed by atoms with van der Waals surface area (Å²) in [6.07, 6.45) is -4.69. The first-order valence-electron chi connectivity index (χ1n) is 13.9. The molecule has 0 unspecified atom stereocenters. The van der Waals surface area contributed by atoms with Gasteiger partial charge in [-0.05, 0) is 52.6 Å². The number of para-hydroxylation sites is 1. The zero-order valence-electron chi connectivity index (χ0n) is 22.9. The van der Waals surface area contributed by atoms with E-state index in [9.17, 15) is 32.3 Å². The van der Waals surface area contributed by atoms with E-state index in [-0.39, 0.29) is 34.9 Å². The predicted molar refractivity (Wildman–Crippen MR) is 153 cm³/mol. The Morgan fingerprint density at radius 3 is 1.80 bits per heavy atom. The second-order valence-electron chi connectivity index (χ2n) is 11.0. The van der Waals surface area contributed by atoms with Crippen molar-refractivity contribution in [2.45, 2.75) is 18.0 Å². The number of esters is 1. The number of ether oxygens (including phenoxy) is 1. The number of alkyl halides is 3. The van der Waals surface area contributed by atoms with Crippen LogP contribution in [0.1, 0.15) is 50.0 Å². The molecule has 8 rings (SSSR count). The standard InChI is InChI=1S/C34H23F3N2O5/c35-34(36,37)24-14-5-6-15-25(24)38-26(40)17-44-33(43)18-8-7-9-19(16-18)39-31(41)29-27-20-10-1-2-11-21(20)28(30(29)32(39)42)23-13-4-3-12-22(23)27/h1-16,27-30H,17H2,(H,38,40)/t27?,28?,29-,30+. The van der Waals surface area contributed by atoms with Crippen LogP contribution < -0.4 is 10.2 Å². The number of anilines is 2. The van der Waals surface area contributed by atoms with Gasteiger partial charge in [-0.15, -0.1) is 0 Å². The lowest BCUT2D eigenvalue weighted by Gasteiger charge is -2.45. The predicted octanol–water partition coefficient (Wildman–Crippen LogP) is 5.90. The second-order valence-corrected chi connectivity index (χ2v) is 11.0. The van der Waals surface area contributed by atoms with Crippen molar-refractivity contribution < 1.29 is 37.1 Å². The molecule has 3 amide bonds. The molecule has 0 radical (unpaired) electrons. The van der Waals surface area contributed by atoms with E-state index in [4.69, 9.17) is 4.74 Å². The number of nitrogens with one attached hydrogen (secondary N) is 1. The maximum absolute atomic E-state index is 14.0. The molecule has 3 aliphatic carbocycles. The van der Waals surface area contributed by atoms with Crippen molar-refractivity contribution in [1.82, 2.24) is 0 Å². The van der Waals surface area contributed by atoms with Gasteiger partial charge >= 0.3 is 12.1 Å². The molecular formula is C34H23F3N2O5. The maximum atomic E-state index is 14.0. The summed E-state index contributed by atoms with van der Waals surface area (Å²) in [6.45, 7) is -0.846. The highest BCUT2D eigenvalue weighted by atomic mass is 19.4. The molecule has 4 aromatic rings. The molecule has 2 bridgehead atoms. The first-order chi connectivity index (χ1) is 21.1. The van der Waals surface area contributed by atoms with Crippen molar-refractivity contribution in [3.8, 4) is 0 Å². The Balaban J connectivity index is 1.11. The van der Waals surface area contributed by atoms with Crippen molar-refractivity contribution in [2.75, 3.05) is 16.8 Å². The molecule has 0 spiro atoms. The second kappa shape index (κ2) is 10.2. The Kier molecular flexibility index (Phi) is 6.38. The summed E-state index contributed by atoms with van der Waals surface area (Å²) in [4.78, 5) is 54.3. The Hall–Kier alpha value is -5.25. The van der Waals surface area contributed by atoms with E-state index in [1.165, 1.54) is 30.3 Å². The van der Waals surface area contributed by atoms with E-state index < -0.39 is 47.7 Å². The molecule has 7 nitrogen and oxygen atoms in total. The quantitative estimate of drug-likeness (QED) is 0.229. The summed E-state index contributed by atoms with van der Waals surface area (Å²) < 4.78 is 44.8. The Morgan fingerprint density at radius 2 is 1.25 bits per heavy atom. The molecule has 1 saturated heterocycles. The minimum Gasteiger partial charge on any atom is -0.452 e. The number of hydrogen-bond donors (Lipinski definition) is 1. The molecule has 4 aromatic carbocycles. The summed E-state index contributed by atoms with van der Waals surface area (Å²) in [5.74, 6) is -4.38. The van der Waals surface area contributed by atoms with Gasteiger partial charge in [0, 0.05) is 11.8 Å². The van der Waals surface area contributed by atoms with Crippen molar-refractivity contribution >= 4 is 35.1 Å². The number of hydrogen-bond acceptors (Lipinski definition) is 5. The summed E-state index contributed by atoms with van der Waals surface area (Å²) in [6, 6.07) is 26.0. The molecule has 1 heterocycles. The Morgan fingerprint density at radius 1 is 0.727 bits per heavy atom. The lowest BCUT2D eigenvalue weighted by Crippen LogP contribution is -2.41. The highest BCUT2D eigenvalue weighted by Gasteiger charge is 2.61. The molecule has 44 heavy (non-hydrogen) atoms. The number of halogens is 3. The third kappa shape index (κ3) is 4.28. The van der Waals surface area contributed by atoms with Crippen LogP contribution in [-0.2, 0) is 25.3 Å². The minimum absolute atomic E-state index is 0.0315. The number of rotatable bonds is 5. The van der Waals surface area contributed by atoms with Crippen LogP contribution in [-0.4, -0.2) is 30.3 Å². The molecule has 2 atom stereocenters. The average molecular weight is 597 g/mol. The van der Waals surface area contributed by atoms with Gasteiger partial charge in [-0.25, -0.2) is 9.69 Å². The van der Waals surface area contributed by atoms with Gasteiger partial charge in [-0.2, -0.15) is 13.2 Å². The number of carbonyl (C=O) groups excluding carboxylic acids is 4. The van der Waals surface area contributed by atoms with Gasteiger partial charge in [0.25, 0.3) is 5.91 Å². The smallest absolute Gasteiger partial charge is 0.418 e. The molecule has 10 heteroatoms. The average Bonchev–Trinajstić information content (AvgIpc) is 3.29. The summed E-state index contributed by atoms with van der Waals surface area (Å²) in [5, 5.41) is 2.12. The van der Waals surface area contributed by atoms with Crippen molar-refractivity contribution in [2.24, 2.45) is 11.8 Å². The number of imide groups is 1. The normalized spacial score (nSPS) is 21.4. The molecular weight excluding hydrogens is 573 g/mol. The topological polar surface area (TPSA) is 92.8 Å². The van der Waals surface area contributed by atoms with Crippen LogP contribution in [0.3, 0.4) is 0 Å². The summed E-state index contributed by atoms with van der Waals surface area (Å²) >= 11 is 0. The third-order valence-corrected chi connectivity index (χ3v) is 8.63. The van der Waals surface area contributed by atoms with E-state index in [0.29, 0.717) is 0 Å². The first-order valence-corrected chi connectivity index (χ1v) is 13.9. The summed E-state index contributed by atoms with van der Waals surface area (Å²) in [5.41, 5.74) is 2.81. The third-order valence-electron chi connectivity index (χ3n) is 8.63. The Bertz CT molecular complexity index is 1750. The lowest BCUT2D eigenvalue weighted by molar-refractivity contribution is -0.137. The molecule has 1 aliphatic heterocycles. The molecule has 0 saturated carbocycles. The van der Waals surface area contributed by atoms with Gasteiger partial charge < -0.3 is 10.1 Å². The number of amides is 3. The summed E-state index contributed by atoms with van der Waals surface area (Å²) in [7, 11) is 0. The SMILES string of the molecule is O=C(COC(=O)c1cccc(N2C(=O)[C@@H]3C4c5ccccc5C(c5ccccc54)[C@@H]3C2=O)c1)Nc1ccccc1C(F)(F)F. The fourth-order valence-corrected chi connectivity index (χ4v) is 6.94. The molecule has 4 aliphatic rings. The fraction of sp³-hybridized carbons (Fsp3) is 0.176. The van der Waals surface area contributed by atoms with E-state index in [0.717, 1.165) is 39.3 Å². The zero-order chi connectivity index (χ0) is 30.7. The van der Waals surface area contributed by atoms with E-state index in [2.05, 4.69) is 5.32 Å². The van der Waals surface area contributed by atoms with Crippen LogP contribution in [0.5, 0.6) is 0 Å². The monoisotopic (exact) mass is 596 g/mol. The minimum atomic E-state index is -4.69. The van der Waals surface area contributed by atoms with Crippen molar-refractivity contribution in [3.63, 3.8) is 0 Å². The first kappa shape index (κ1) is 27.6. The van der Waals surface area contributed by atoms with E-state index >= 15 is 0 Å². The van der Waals surface area contributed by atoms with Gasteiger partial charge in [-0.1, -0.05) is 66.7 Å². The lowest BCUT2D eigenvalue weighted by atomic mass is 9.55. The van der Waals surface area contributed by atoms with Crippen LogP contribution in [0, 0.1) is 11.8 Å². The van der Waals surface area contributed by atoms with Gasteiger partial charge in [0.15, 0.2) is 6.61 Å². The van der Waals surface area contributed by atoms with Gasteiger partial charge in [0.05, 0.1) is 34.3 Å². The highest BCUT2D eigenvalue weighted by molar-refractivity contribution is 6.23. The van der Waals surface area contributed by atoms with Crippen LogP contribution >= 0.6 is 0 Å². The van der Waals surface area contributed by atoms with Crippen LogP contribution in [0.2, 0.25) is 0 Å². The zero-order valence-corrected chi connectivity index (χ0v) is 22.9. The van der Waals surface area contributed by atoms with E-state index in [1.54, 1.807) is 6.07 Å². The highest BCUT2D eigenvalue weighted by Crippen LogP contribution is 2.61. The van der Waals surface area contributed by atoms with Gasteiger partial charge in [0.1, 0.15) is 0 Å². The van der Waals surface area contributed by atoms with Crippen LogP contribution in [0.4, 0.5) is 24.5 Å². The van der Waals surface area contributed by atoms with Crippen LogP contribution in [0.25, 0.3) is 0 Å². The molecule has 220 valence electrons. The van der Waals surface area contributed by atoms with Crippen molar-refractivity contribution in [3.05, 3.63) is 130 Å². The Labute approximate surface area is 249 Å². The number of benzene rings is 4. The van der Waals surface area contributed by atoms with Gasteiger partial charge in [-0.3, -0.25) is 14.4 Å². The number of carbonyl (C=O) groups is 4. The van der Waals surface area contributed by atoms with E-state index in [1.807, 2.05) is 48.5 Å². The fourth-order valence-electron chi connectivity index (χ4n) is 6.94. The molecule has 1 fully saturated rings.